The van der Waals surface area contributed by atoms with Gasteiger partial charge < -0.3 is 14.8 Å². The molecule has 2 atom stereocenters. The van der Waals surface area contributed by atoms with E-state index in [1.807, 2.05) is 34.6 Å². The molecule has 0 radical (unpaired) electrons. The second-order valence-corrected chi connectivity index (χ2v) is 9.23. The van der Waals surface area contributed by atoms with Crippen molar-refractivity contribution in [3.05, 3.63) is 5.82 Å². The Hall–Kier alpha value is -1.54. The van der Waals surface area contributed by atoms with Crippen LogP contribution in [-0.4, -0.2) is 44.9 Å². The van der Waals surface area contributed by atoms with Crippen LogP contribution in [-0.2, 0) is 20.9 Å². The normalized spacial score (nSPS) is 18.2. The van der Waals surface area contributed by atoms with Crippen LogP contribution in [0.3, 0.4) is 0 Å². The Kier molecular flexibility index (Phi) is 8.37. The lowest BCUT2D eigenvalue weighted by molar-refractivity contribution is -0.169. The van der Waals surface area contributed by atoms with Gasteiger partial charge in [0.2, 0.25) is 12.1 Å². The van der Waals surface area contributed by atoms with E-state index in [9.17, 15) is 4.79 Å². The number of aromatic nitrogens is 4. The highest BCUT2D eigenvalue weighted by molar-refractivity contribution is 5.75. The van der Waals surface area contributed by atoms with Crippen LogP contribution < -0.4 is 5.32 Å². The molecule has 1 saturated carbocycles. The van der Waals surface area contributed by atoms with E-state index >= 15 is 0 Å². The molecule has 1 N–H and O–H groups in total. The van der Waals surface area contributed by atoms with Crippen LogP contribution in [0.5, 0.6) is 0 Å². The molecule has 0 bridgehead atoms. The summed E-state index contributed by atoms with van der Waals surface area (Å²) in [5.74, 6) is 0.222. The van der Waals surface area contributed by atoms with Gasteiger partial charge in [-0.15, -0.1) is 15.0 Å². The van der Waals surface area contributed by atoms with E-state index in [1.54, 1.807) is 0 Å². The van der Waals surface area contributed by atoms with Gasteiger partial charge in [0.05, 0.1) is 12.0 Å². The molecule has 1 aliphatic rings. The number of ether oxygens (including phenoxy) is 2. The first-order chi connectivity index (χ1) is 13.2. The van der Waals surface area contributed by atoms with Gasteiger partial charge in [0.15, 0.2) is 0 Å². The van der Waals surface area contributed by atoms with Gasteiger partial charge in [-0.25, -0.2) is 0 Å². The Morgan fingerprint density at radius 3 is 2.50 bits per heavy atom. The summed E-state index contributed by atoms with van der Waals surface area (Å²) in [4.78, 5) is 13.6. The molecule has 0 aliphatic heterocycles. The summed E-state index contributed by atoms with van der Waals surface area (Å²) in [6.45, 7) is 12.4. The highest BCUT2D eigenvalue weighted by Crippen LogP contribution is 2.23. The van der Waals surface area contributed by atoms with Crippen molar-refractivity contribution in [3.8, 4) is 0 Å². The smallest absolute Gasteiger partial charge is 0.313 e. The van der Waals surface area contributed by atoms with Crippen molar-refractivity contribution in [2.24, 2.45) is 11.3 Å². The average Bonchev–Trinajstić information content (AvgIpc) is 3.07. The number of tetrazole rings is 1. The minimum absolute atomic E-state index is 0.0222. The molecule has 1 aromatic heterocycles. The largest absolute Gasteiger partial charge is 0.437 e. The summed E-state index contributed by atoms with van der Waals surface area (Å²) in [6.07, 6.45) is 5.91. The van der Waals surface area contributed by atoms with Crippen molar-refractivity contribution >= 4 is 5.97 Å². The van der Waals surface area contributed by atoms with E-state index in [-0.39, 0.29) is 24.5 Å². The van der Waals surface area contributed by atoms with Gasteiger partial charge >= 0.3 is 5.97 Å². The first kappa shape index (κ1) is 22.7. The maximum Gasteiger partial charge on any atom is 0.313 e. The zero-order valence-corrected chi connectivity index (χ0v) is 18.3. The second kappa shape index (κ2) is 10.3. The number of hydrogen-bond donors (Lipinski definition) is 1. The Morgan fingerprint density at radius 2 is 1.89 bits per heavy atom. The van der Waals surface area contributed by atoms with Gasteiger partial charge in [-0.05, 0) is 45.7 Å². The number of carbonyl (C=O) groups is 1. The summed E-state index contributed by atoms with van der Waals surface area (Å²) in [5.41, 5.74) is -0.582. The van der Waals surface area contributed by atoms with E-state index in [2.05, 4.69) is 27.7 Å². The van der Waals surface area contributed by atoms with E-state index in [1.165, 1.54) is 36.9 Å². The molecule has 1 aromatic rings. The van der Waals surface area contributed by atoms with E-state index < -0.39 is 11.6 Å². The number of esters is 1. The van der Waals surface area contributed by atoms with E-state index in [0.717, 1.165) is 0 Å². The summed E-state index contributed by atoms with van der Waals surface area (Å²) >= 11 is 0. The minimum atomic E-state index is -0.583. The van der Waals surface area contributed by atoms with Gasteiger partial charge in [0.1, 0.15) is 6.61 Å². The predicted octanol–water partition coefficient (Wildman–Crippen LogP) is 3.24. The Bertz CT molecular complexity index is 605. The van der Waals surface area contributed by atoms with Gasteiger partial charge in [-0.3, -0.25) is 4.79 Å². The van der Waals surface area contributed by atoms with Crippen LogP contribution in [0.25, 0.3) is 0 Å². The van der Waals surface area contributed by atoms with Crippen molar-refractivity contribution < 1.29 is 14.3 Å². The highest BCUT2D eigenvalue weighted by Gasteiger charge is 2.30. The third-order valence-electron chi connectivity index (χ3n) is 4.83. The molecule has 0 saturated heterocycles. The van der Waals surface area contributed by atoms with Crippen LogP contribution >= 0.6 is 0 Å². The van der Waals surface area contributed by atoms with Gasteiger partial charge in [0.25, 0.3) is 0 Å². The summed E-state index contributed by atoms with van der Waals surface area (Å²) < 4.78 is 11.4. The lowest BCUT2D eigenvalue weighted by Crippen LogP contribution is -2.40. The standard InChI is InChI=1S/C20H37N5O3/c1-14(2)18(28-19(26)20(4,5)6)25-23-17(22-24-25)13-27-12-15(3)21-16-10-8-7-9-11-16/h14-16,18,21H,7-13H2,1-6H3/t15-,18?/m0/s1. The van der Waals surface area contributed by atoms with Gasteiger partial charge in [-0.1, -0.05) is 33.1 Å². The molecule has 2 rings (SSSR count). The monoisotopic (exact) mass is 395 g/mol. The summed E-state index contributed by atoms with van der Waals surface area (Å²) in [6, 6.07) is 0.893. The molecular weight excluding hydrogens is 358 g/mol. The fourth-order valence-electron chi connectivity index (χ4n) is 3.20. The molecule has 1 heterocycles. The van der Waals surface area contributed by atoms with Crippen molar-refractivity contribution in [2.45, 2.75) is 98.6 Å². The molecule has 0 aromatic carbocycles. The minimum Gasteiger partial charge on any atom is -0.437 e. The van der Waals surface area contributed by atoms with E-state index in [4.69, 9.17) is 9.47 Å². The van der Waals surface area contributed by atoms with Crippen molar-refractivity contribution in [3.63, 3.8) is 0 Å². The zero-order chi connectivity index (χ0) is 20.7. The molecule has 0 amide bonds. The fraction of sp³-hybridized carbons (Fsp3) is 0.900. The summed E-state index contributed by atoms with van der Waals surface area (Å²) in [5, 5.41) is 16.1. The SMILES string of the molecule is CC(C)C(OC(=O)C(C)(C)C)n1nnc(COC[C@H](C)NC2CCCCC2)n1. The number of nitrogens with one attached hydrogen (secondary N) is 1. The molecule has 8 heteroatoms. The maximum absolute atomic E-state index is 12.2. The lowest BCUT2D eigenvalue weighted by atomic mass is 9.95. The Labute approximate surface area is 168 Å². The number of hydrogen-bond acceptors (Lipinski definition) is 7. The molecule has 28 heavy (non-hydrogen) atoms. The molecule has 1 unspecified atom stereocenters. The van der Waals surface area contributed by atoms with Crippen LogP contribution in [0.2, 0.25) is 0 Å². The van der Waals surface area contributed by atoms with E-state index in [0.29, 0.717) is 18.5 Å². The molecular formula is C20H37N5O3. The van der Waals surface area contributed by atoms with Crippen molar-refractivity contribution in [2.75, 3.05) is 6.61 Å². The van der Waals surface area contributed by atoms with Crippen LogP contribution in [0, 0.1) is 11.3 Å². The zero-order valence-electron chi connectivity index (χ0n) is 18.3. The molecule has 0 spiro atoms. The lowest BCUT2D eigenvalue weighted by Gasteiger charge is -2.26. The maximum atomic E-state index is 12.2. The molecule has 1 fully saturated rings. The fourth-order valence-corrected chi connectivity index (χ4v) is 3.20. The highest BCUT2D eigenvalue weighted by atomic mass is 16.6. The number of carbonyl (C=O) groups excluding carboxylic acids is 1. The van der Waals surface area contributed by atoms with Crippen molar-refractivity contribution in [1.29, 1.82) is 0 Å². The van der Waals surface area contributed by atoms with Gasteiger partial charge in [0, 0.05) is 18.0 Å². The molecule has 8 nitrogen and oxygen atoms in total. The Morgan fingerprint density at radius 1 is 1.21 bits per heavy atom. The average molecular weight is 396 g/mol. The molecule has 1 aliphatic carbocycles. The second-order valence-electron chi connectivity index (χ2n) is 9.23. The topological polar surface area (TPSA) is 91.2 Å². The number of nitrogens with zero attached hydrogens (tertiary/aromatic N) is 4. The first-order valence-corrected chi connectivity index (χ1v) is 10.5. The summed E-state index contributed by atoms with van der Waals surface area (Å²) in [7, 11) is 0. The predicted molar refractivity (Wildman–Crippen MR) is 106 cm³/mol. The third-order valence-corrected chi connectivity index (χ3v) is 4.83. The third kappa shape index (κ3) is 7.13. The van der Waals surface area contributed by atoms with Crippen LogP contribution in [0.15, 0.2) is 0 Å². The van der Waals surface area contributed by atoms with Gasteiger partial charge in [-0.2, -0.15) is 0 Å². The van der Waals surface area contributed by atoms with Crippen LogP contribution in [0.4, 0.5) is 0 Å². The molecule has 160 valence electrons. The Balaban J connectivity index is 1.81. The quantitative estimate of drug-likeness (QED) is 0.642. The first-order valence-electron chi connectivity index (χ1n) is 10.5. The number of rotatable bonds is 9. The van der Waals surface area contributed by atoms with Crippen LogP contribution in [0.1, 0.15) is 85.7 Å². The van der Waals surface area contributed by atoms with Crippen molar-refractivity contribution in [1.82, 2.24) is 25.5 Å².